The molecule has 0 saturated carbocycles. The summed E-state index contributed by atoms with van der Waals surface area (Å²) < 4.78 is 41.3. The van der Waals surface area contributed by atoms with Crippen LogP contribution >= 0.6 is 0 Å². The summed E-state index contributed by atoms with van der Waals surface area (Å²) in [6, 6.07) is 16.5. The van der Waals surface area contributed by atoms with Gasteiger partial charge in [0.05, 0.1) is 16.6 Å². The number of amides is 3. The van der Waals surface area contributed by atoms with E-state index in [1.54, 1.807) is 31.2 Å². The van der Waals surface area contributed by atoms with Gasteiger partial charge in [-0.3, -0.25) is 9.52 Å². The van der Waals surface area contributed by atoms with Crippen molar-refractivity contribution in [2.75, 3.05) is 10.0 Å². The van der Waals surface area contributed by atoms with E-state index in [4.69, 9.17) is 5.73 Å². The predicted molar refractivity (Wildman–Crippen MR) is 119 cm³/mol. The maximum atomic E-state index is 13.8. The van der Waals surface area contributed by atoms with Gasteiger partial charge in [-0.25, -0.2) is 17.6 Å². The number of nitrogens with one attached hydrogen (secondary N) is 3. The van der Waals surface area contributed by atoms with Crippen LogP contribution in [0.25, 0.3) is 0 Å². The van der Waals surface area contributed by atoms with E-state index >= 15 is 0 Å². The Labute approximate surface area is 184 Å². The molecule has 0 fully saturated rings. The van der Waals surface area contributed by atoms with Gasteiger partial charge in [0.2, 0.25) is 0 Å². The van der Waals surface area contributed by atoms with Crippen molar-refractivity contribution in [2.45, 2.75) is 17.9 Å². The molecule has 3 aromatic rings. The van der Waals surface area contributed by atoms with Crippen LogP contribution in [0.4, 0.5) is 20.6 Å². The van der Waals surface area contributed by atoms with Crippen LogP contribution in [0.5, 0.6) is 0 Å². The number of hydrogen-bond donors (Lipinski definition) is 4. The highest BCUT2D eigenvalue weighted by molar-refractivity contribution is 7.92. The van der Waals surface area contributed by atoms with Gasteiger partial charge in [0.1, 0.15) is 5.82 Å². The molecule has 0 spiro atoms. The molecular weight excluding hydrogens is 435 g/mol. The van der Waals surface area contributed by atoms with Crippen molar-refractivity contribution in [3.63, 3.8) is 0 Å². The molecule has 32 heavy (non-hydrogen) atoms. The highest BCUT2D eigenvalue weighted by Crippen LogP contribution is 2.21. The third kappa shape index (κ3) is 5.61. The van der Waals surface area contributed by atoms with Gasteiger partial charge in [0.15, 0.2) is 0 Å². The fourth-order valence-corrected chi connectivity index (χ4v) is 4.03. The molecule has 166 valence electrons. The van der Waals surface area contributed by atoms with Crippen LogP contribution in [-0.4, -0.2) is 20.4 Å². The molecular formula is C22H21FN4O4S. The number of benzene rings is 3. The third-order valence-corrected chi connectivity index (χ3v) is 5.91. The summed E-state index contributed by atoms with van der Waals surface area (Å²) in [4.78, 5) is 23.4. The predicted octanol–water partition coefficient (Wildman–Crippen LogP) is 3.61. The Bertz CT molecular complexity index is 1250. The molecule has 3 aromatic carbocycles. The summed E-state index contributed by atoms with van der Waals surface area (Å²) in [5.74, 6) is -1.20. The molecule has 0 radical (unpaired) electrons. The Morgan fingerprint density at radius 1 is 0.969 bits per heavy atom. The third-order valence-electron chi connectivity index (χ3n) is 4.55. The van der Waals surface area contributed by atoms with Crippen LogP contribution in [-0.2, 0) is 10.0 Å². The van der Waals surface area contributed by atoms with E-state index in [0.717, 1.165) is 11.6 Å². The molecule has 3 rings (SSSR count). The van der Waals surface area contributed by atoms with Gasteiger partial charge in [-0.2, -0.15) is 0 Å². The first-order valence-corrected chi connectivity index (χ1v) is 11.0. The number of halogens is 1. The van der Waals surface area contributed by atoms with Crippen LogP contribution in [0, 0.1) is 5.82 Å². The molecule has 0 aromatic heterocycles. The minimum Gasteiger partial charge on any atom is -0.351 e. The number of sulfonamides is 1. The van der Waals surface area contributed by atoms with Crippen molar-refractivity contribution in [1.29, 1.82) is 0 Å². The van der Waals surface area contributed by atoms with Gasteiger partial charge in [-0.1, -0.05) is 30.3 Å². The first kappa shape index (κ1) is 22.8. The highest BCUT2D eigenvalue weighted by Gasteiger charge is 2.19. The lowest BCUT2D eigenvalue weighted by atomic mass is 10.1. The van der Waals surface area contributed by atoms with Crippen molar-refractivity contribution in [3.8, 4) is 0 Å². The smallest absolute Gasteiger partial charge is 0.316 e. The van der Waals surface area contributed by atoms with Gasteiger partial charge >= 0.3 is 6.03 Å². The maximum absolute atomic E-state index is 13.8. The average Bonchev–Trinajstić information content (AvgIpc) is 2.75. The zero-order valence-corrected chi connectivity index (χ0v) is 17.8. The summed E-state index contributed by atoms with van der Waals surface area (Å²) in [5.41, 5.74) is 6.28. The summed E-state index contributed by atoms with van der Waals surface area (Å²) in [7, 11) is -4.10. The van der Waals surface area contributed by atoms with Crippen LogP contribution in [0.15, 0.2) is 77.7 Å². The highest BCUT2D eigenvalue weighted by atomic mass is 32.2. The van der Waals surface area contributed by atoms with Crippen molar-refractivity contribution < 1.29 is 22.4 Å². The zero-order chi connectivity index (χ0) is 23.3. The molecule has 0 aliphatic carbocycles. The fourth-order valence-electron chi connectivity index (χ4n) is 2.91. The molecule has 3 amide bonds. The van der Waals surface area contributed by atoms with Crippen molar-refractivity contribution in [1.82, 2.24) is 5.32 Å². The molecule has 0 bridgehead atoms. The summed E-state index contributed by atoms with van der Waals surface area (Å²) in [6.45, 7) is 1.76. The monoisotopic (exact) mass is 456 g/mol. The number of carbonyl (C=O) groups excluding carboxylic acids is 2. The van der Waals surface area contributed by atoms with E-state index in [9.17, 15) is 22.4 Å². The van der Waals surface area contributed by atoms with E-state index in [0.29, 0.717) is 5.69 Å². The number of anilines is 2. The molecule has 0 aliphatic heterocycles. The van der Waals surface area contributed by atoms with E-state index in [1.807, 2.05) is 0 Å². The van der Waals surface area contributed by atoms with Crippen molar-refractivity contribution in [3.05, 3.63) is 89.7 Å². The second-order valence-corrected chi connectivity index (χ2v) is 8.60. The van der Waals surface area contributed by atoms with Gasteiger partial charge in [0, 0.05) is 11.3 Å². The quantitative estimate of drug-likeness (QED) is 0.433. The van der Waals surface area contributed by atoms with Crippen LogP contribution in [0.2, 0.25) is 0 Å². The summed E-state index contributed by atoms with van der Waals surface area (Å²) in [6.07, 6.45) is 0. The Hall–Kier alpha value is -3.92. The summed E-state index contributed by atoms with van der Waals surface area (Å²) in [5, 5.41) is 5.23. The van der Waals surface area contributed by atoms with Crippen LogP contribution in [0.3, 0.4) is 0 Å². The summed E-state index contributed by atoms with van der Waals surface area (Å²) >= 11 is 0. The maximum Gasteiger partial charge on any atom is 0.316 e. The van der Waals surface area contributed by atoms with E-state index in [1.165, 1.54) is 42.5 Å². The number of nitrogens with two attached hydrogens (primary N) is 1. The molecule has 0 saturated heterocycles. The van der Waals surface area contributed by atoms with Gasteiger partial charge in [0.25, 0.3) is 15.9 Å². The van der Waals surface area contributed by atoms with Crippen molar-refractivity contribution in [2.24, 2.45) is 5.73 Å². The number of carbonyl (C=O) groups is 2. The second kappa shape index (κ2) is 9.48. The lowest BCUT2D eigenvalue weighted by Gasteiger charge is -2.15. The van der Waals surface area contributed by atoms with Crippen LogP contribution < -0.4 is 21.1 Å². The van der Waals surface area contributed by atoms with Gasteiger partial charge in [-0.05, 0) is 55.0 Å². The largest absolute Gasteiger partial charge is 0.351 e. The van der Waals surface area contributed by atoms with Gasteiger partial charge < -0.3 is 16.4 Å². The topological polar surface area (TPSA) is 130 Å². The second-order valence-electron chi connectivity index (χ2n) is 6.92. The first-order valence-electron chi connectivity index (χ1n) is 9.50. The Balaban J connectivity index is 1.73. The first-order chi connectivity index (χ1) is 15.2. The number of urea groups is 1. The number of primary amides is 1. The lowest BCUT2D eigenvalue weighted by Crippen LogP contribution is -2.27. The Kier molecular flexibility index (Phi) is 6.74. The van der Waals surface area contributed by atoms with Gasteiger partial charge in [-0.15, -0.1) is 0 Å². The SMILES string of the molecule is CC(NC(=O)c1cccc(S(=O)(=O)Nc2ccccc2F)c1)c1ccc(NC(N)=O)cc1. The Morgan fingerprint density at radius 3 is 2.31 bits per heavy atom. The molecule has 0 heterocycles. The van der Waals surface area contributed by atoms with E-state index in [2.05, 4.69) is 15.4 Å². The number of hydrogen-bond acceptors (Lipinski definition) is 4. The molecule has 1 unspecified atom stereocenters. The Morgan fingerprint density at radius 2 is 1.66 bits per heavy atom. The lowest BCUT2D eigenvalue weighted by molar-refractivity contribution is 0.0939. The van der Waals surface area contributed by atoms with Crippen LogP contribution in [0.1, 0.15) is 28.9 Å². The number of rotatable bonds is 7. The fraction of sp³-hybridized carbons (Fsp3) is 0.0909. The molecule has 8 nitrogen and oxygen atoms in total. The average molecular weight is 456 g/mol. The molecule has 5 N–H and O–H groups in total. The minimum absolute atomic E-state index is 0.125. The molecule has 1 atom stereocenters. The molecule has 0 aliphatic rings. The number of para-hydroxylation sites is 1. The van der Waals surface area contributed by atoms with E-state index in [-0.39, 0.29) is 16.1 Å². The van der Waals surface area contributed by atoms with Crippen molar-refractivity contribution >= 4 is 33.3 Å². The standard InChI is InChI=1S/C22H21FN4O4S/c1-14(15-9-11-17(12-10-15)26-22(24)29)25-21(28)16-5-4-6-18(13-16)32(30,31)27-20-8-3-2-7-19(20)23/h2-14,27H,1H3,(H,25,28)(H3,24,26,29). The molecule has 10 heteroatoms. The zero-order valence-electron chi connectivity index (χ0n) is 17.0. The minimum atomic E-state index is -4.10. The van der Waals surface area contributed by atoms with E-state index < -0.39 is 33.8 Å². The normalized spacial score (nSPS) is 11.9.